The van der Waals surface area contributed by atoms with Gasteiger partial charge in [0, 0.05) is 15.9 Å². The Morgan fingerprint density at radius 2 is 2.19 bits per heavy atom. The first-order chi connectivity index (χ1) is 7.79. The molecule has 0 aliphatic carbocycles. The Balaban J connectivity index is 2.02. The van der Waals surface area contributed by atoms with Gasteiger partial charge in [-0.25, -0.2) is 0 Å². The van der Waals surface area contributed by atoms with Gasteiger partial charge in [-0.3, -0.25) is 0 Å². The van der Waals surface area contributed by atoms with Crippen LogP contribution in [0.4, 0.5) is 0 Å². The van der Waals surface area contributed by atoms with Crippen LogP contribution in [0.3, 0.4) is 0 Å². The van der Waals surface area contributed by atoms with E-state index in [2.05, 4.69) is 34.1 Å². The summed E-state index contributed by atoms with van der Waals surface area (Å²) in [7, 11) is 0. The summed E-state index contributed by atoms with van der Waals surface area (Å²) in [6, 6.07) is 10.1. The molecule has 2 nitrogen and oxygen atoms in total. The first-order valence-electron chi connectivity index (χ1n) is 4.93. The fraction of sp³-hybridized carbons (Fsp3) is 0.167. The van der Waals surface area contributed by atoms with Crippen molar-refractivity contribution < 1.29 is 4.42 Å². The zero-order valence-corrected chi connectivity index (χ0v) is 11.1. The number of thioether (sulfide) groups is 1. The number of furan rings is 1. The highest BCUT2D eigenvalue weighted by Gasteiger charge is 2.02. The largest absolute Gasteiger partial charge is 0.468 e. The number of hydrogen-bond acceptors (Lipinski definition) is 3. The molecule has 1 aromatic heterocycles. The van der Waals surface area contributed by atoms with Gasteiger partial charge in [-0.2, -0.15) is 0 Å². The summed E-state index contributed by atoms with van der Waals surface area (Å²) in [5.41, 5.74) is 6.73. The van der Waals surface area contributed by atoms with Gasteiger partial charge in [0.25, 0.3) is 0 Å². The summed E-state index contributed by atoms with van der Waals surface area (Å²) in [4.78, 5) is 1.21. The Bertz CT molecular complexity index is 456. The van der Waals surface area contributed by atoms with Crippen molar-refractivity contribution >= 4 is 27.7 Å². The van der Waals surface area contributed by atoms with Crippen LogP contribution in [0, 0.1) is 0 Å². The lowest BCUT2D eigenvalue weighted by Gasteiger charge is -2.04. The molecule has 0 bridgehead atoms. The Morgan fingerprint density at radius 1 is 1.31 bits per heavy atom. The van der Waals surface area contributed by atoms with Crippen LogP contribution in [-0.2, 0) is 12.3 Å². The van der Waals surface area contributed by atoms with Crippen LogP contribution < -0.4 is 5.73 Å². The average molecular weight is 298 g/mol. The Morgan fingerprint density at radius 3 is 2.81 bits per heavy atom. The maximum absolute atomic E-state index is 5.60. The predicted octanol–water partition coefficient (Wildman–Crippen LogP) is 3.79. The lowest BCUT2D eigenvalue weighted by molar-refractivity contribution is 0.530. The maximum atomic E-state index is 5.60. The van der Waals surface area contributed by atoms with Crippen molar-refractivity contribution in [3.05, 3.63) is 52.4 Å². The molecule has 0 spiro atoms. The van der Waals surface area contributed by atoms with E-state index in [9.17, 15) is 0 Å². The monoisotopic (exact) mass is 297 g/mol. The number of rotatable bonds is 4. The summed E-state index contributed by atoms with van der Waals surface area (Å²) in [6.45, 7) is 0.559. The number of hydrogen-bond donors (Lipinski definition) is 1. The molecule has 1 aromatic carbocycles. The van der Waals surface area contributed by atoms with E-state index in [0.29, 0.717) is 6.54 Å². The molecule has 0 saturated heterocycles. The smallest absolute Gasteiger partial charge is 0.113 e. The van der Waals surface area contributed by atoms with Crippen molar-refractivity contribution in [2.45, 2.75) is 17.2 Å². The average Bonchev–Trinajstić information content (AvgIpc) is 2.79. The quantitative estimate of drug-likeness (QED) is 0.873. The second kappa shape index (κ2) is 5.57. The third kappa shape index (κ3) is 2.90. The highest BCUT2D eigenvalue weighted by Crippen LogP contribution is 2.27. The molecule has 16 heavy (non-hydrogen) atoms. The van der Waals surface area contributed by atoms with Gasteiger partial charge in [0.15, 0.2) is 0 Å². The van der Waals surface area contributed by atoms with Crippen LogP contribution >= 0.6 is 27.7 Å². The molecule has 4 heteroatoms. The molecule has 84 valence electrons. The molecule has 0 unspecified atom stereocenters. The maximum Gasteiger partial charge on any atom is 0.113 e. The van der Waals surface area contributed by atoms with Gasteiger partial charge in [0.1, 0.15) is 5.76 Å². The molecule has 0 radical (unpaired) electrons. The van der Waals surface area contributed by atoms with Crippen molar-refractivity contribution in [1.82, 2.24) is 0 Å². The van der Waals surface area contributed by atoms with E-state index in [-0.39, 0.29) is 0 Å². The molecule has 1 heterocycles. The molecule has 0 aliphatic heterocycles. The lowest BCUT2D eigenvalue weighted by atomic mass is 10.2. The minimum Gasteiger partial charge on any atom is -0.468 e. The van der Waals surface area contributed by atoms with Gasteiger partial charge in [0.2, 0.25) is 0 Å². The van der Waals surface area contributed by atoms with Crippen molar-refractivity contribution in [3.8, 4) is 0 Å². The molecule has 2 N–H and O–H groups in total. The molecule has 0 atom stereocenters. The summed E-state index contributed by atoms with van der Waals surface area (Å²) in [6.07, 6.45) is 1.70. The Labute approximate surface area is 107 Å². The second-order valence-corrected chi connectivity index (χ2v) is 5.23. The van der Waals surface area contributed by atoms with Crippen LogP contribution in [0.15, 0.2) is 50.4 Å². The molecular formula is C12H12BrNOS. The topological polar surface area (TPSA) is 39.2 Å². The fourth-order valence-corrected chi connectivity index (χ4v) is 2.86. The number of benzene rings is 1. The van der Waals surface area contributed by atoms with E-state index in [1.54, 1.807) is 18.0 Å². The third-order valence-electron chi connectivity index (χ3n) is 2.21. The zero-order valence-electron chi connectivity index (χ0n) is 8.65. The Hall–Kier alpha value is -0.710. The third-order valence-corrected chi connectivity index (χ3v) is 3.96. The normalized spacial score (nSPS) is 10.6. The van der Waals surface area contributed by atoms with Gasteiger partial charge in [-0.05, 0) is 29.8 Å². The SMILES string of the molecule is NCc1ccc(SCc2ccco2)cc1Br. The van der Waals surface area contributed by atoms with E-state index >= 15 is 0 Å². The molecular weight excluding hydrogens is 286 g/mol. The lowest BCUT2D eigenvalue weighted by Crippen LogP contribution is -1.96. The number of halogens is 1. The van der Waals surface area contributed by atoms with Gasteiger partial charge in [-0.15, -0.1) is 11.8 Å². The van der Waals surface area contributed by atoms with Crippen LogP contribution in [0.5, 0.6) is 0 Å². The summed E-state index contributed by atoms with van der Waals surface area (Å²) in [5.74, 6) is 1.84. The summed E-state index contributed by atoms with van der Waals surface area (Å²) < 4.78 is 6.35. The van der Waals surface area contributed by atoms with E-state index in [0.717, 1.165) is 21.5 Å². The molecule has 2 rings (SSSR count). The van der Waals surface area contributed by atoms with Crippen molar-refractivity contribution in [1.29, 1.82) is 0 Å². The Kier molecular flexibility index (Phi) is 4.09. The van der Waals surface area contributed by atoms with Crippen molar-refractivity contribution in [3.63, 3.8) is 0 Å². The first kappa shape index (κ1) is 11.8. The van der Waals surface area contributed by atoms with Gasteiger partial charge < -0.3 is 10.2 Å². The van der Waals surface area contributed by atoms with Gasteiger partial charge >= 0.3 is 0 Å². The van der Waals surface area contributed by atoms with Gasteiger partial charge in [-0.1, -0.05) is 22.0 Å². The molecule has 0 aliphatic rings. The summed E-state index contributed by atoms with van der Waals surface area (Å²) in [5, 5.41) is 0. The first-order valence-corrected chi connectivity index (χ1v) is 6.71. The zero-order chi connectivity index (χ0) is 11.4. The standard InChI is InChI=1S/C12H12BrNOS/c13-12-6-11(4-3-9(12)7-14)16-8-10-2-1-5-15-10/h1-6H,7-8,14H2. The minimum atomic E-state index is 0.559. The fourth-order valence-electron chi connectivity index (χ4n) is 1.33. The highest BCUT2D eigenvalue weighted by molar-refractivity contribution is 9.10. The van der Waals surface area contributed by atoms with Crippen LogP contribution in [-0.4, -0.2) is 0 Å². The summed E-state index contributed by atoms with van der Waals surface area (Å²) >= 11 is 5.26. The van der Waals surface area contributed by atoms with E-state index in [1.807, 2.05) is 12.1 Å². The van der Waals surface area contributed by atoms with Crippen LogP contribution in [0.2, 0.25) is 0 Å². The highest BCUT2D eigenvalue weighted by atomic mass is 79.9. The number of nitrogens with two attached hydrogens (primary N) is 1. The van der Waals surface area contributed by atoms with E-state index < -0.39 is 0 Å². The predicted molar refractivity (Wildman–Crippen MR) is 70.3 cm³/mol. The van der Waals surface area contributed by atoms with E-state index in [4.69, 9.17) is 10.2 Å². The molecule has 0 fully saturated rings. The van der Waals surface area contributed by atoms with Crippen molar-refractivity contribution in [2.24, 2.45) is 5.73 Å². The molecule has 0 amide bonds. The minimum absolute atomic E-state index is 0.559. The molecule has 2 aromatic rings. The second-order valence-electron chi connectivity index (χ2n) is 3.33. The van der Waals surface area contributed by atoms with Gasteiger partial charge in [0.05, 0.1) is 12.0 Å². The van der Waals surface area contributed by atoms with Crippen molar-refractivity contribution in [2.75, 3.05) is 0 Å². The van der Waals surface area contributed by atoms with Crippen LogP contribution in [0.1, 0.15) is 11.3 Å². The van der Waals surface area contributed by atoms with E-state index in [1.165, 1.54) is 4.90 Å². The van der Waals surface area contributed by atoms with Crippen LogP contribution in [0.25, 0.3) is 0 Å². The molecule has 0 saturated carbocycles.